The molecule has 10 atom stereocenters. The normalized spacial score (nSPS) is 52.5. The molecule has 1 N–H and O–H groups in total. The zero-order valence-electron chi connectivity index (χ0n) is 23.7. The van der Waals surface area contributed by atoms with Crippen molar-refractivity contribution in [2.75, 3.05) is 6.61 Å². The summed E-state index contributed by atoms with van der Waals surface area (Å²) in [5.41, 5.74) is 2.45. The number of carbonyl (C=O) groups is 1. The first-order valence-electron chi connectivity index (χ1n) is 14.7. The summed E-state index contributed by atoms with van der Waals surface area (Å²) < 4.78 is 5.90. The van der Waals surface area contributed by atoms with Crippen molar-refractivity contribution in [3.05, 3.63) is 12.2 Å². The van der Waals surface area contributed by atoms with Crippen molar-refractivity contribution in [3.8, 4) is 0 Å². The Balaban J connectivity index is 1.51. The molecule has 3 unspecified atom stereocenters. The SMILES string of the molecule is C=C(C)[C@@H]1CC[C@]2(CO)CC[C@]3(C)[C@H](CCC4[C@@]5(C)CC[C@H](OC(C)=O)C(C)(C)C5CC[C@]43C)C12. The molecule has 0 bridgehead atoms. The average Bonchev–Trinajstić information content (AvgIpc) is 3.16. The van der Waals surface area contributed by atoms with E-state index in [0.717, 1.165) is 12.3 Å². The maximum Gasteiger partial charge on any atom is 0.302 e. The number of allylic oxidation sites excluding steroid dienone is 1. The van der Waals surface area contributed by atoms with Crippen LogP contribution in [0.2, 0.25) is 0 Å². The van der Waals surface area contributed by atoms with Gasteiger partial charge in [-0.25, -0.2) is 0 Å². The van der Waals surface area contributed by atoms with Crippen molar-refractivity contribution in [1.29, 1.82) is 0 Å². The van der Waals surface area contributed by atoms with Crippen molar-refractivity contribution < 1.29 is 14.6 Å². The van der Waals surface area contributed by atoms with Gasteiger partial charge < -0.3 is 9.84 Å². The summed E-state index contributed by atoms with van der Waals surface area (Å²) in [4.78, 5) is 11.9. The number of carbonyl (C=O) groups excluding carboxylic acids is 1. The largest absolute Gasteiger partial charge is 0.462 e. The smallest absolute Gasteiger partial charge is 0.302 e. The molecule has 5 aliphatic carbocycles. The molecule has 5 rings (SSSR count). The number of aliphatic hydroxyl groups is 1. The van der Waals surface area contributed by atoms with Crippen LogP contribution in [-0.4, -0.2) is 23.8 Å². The van der Waals surface area contributed by atoms with Crippen molar-refractivity contribution in [2.45, 2.75) is 119 Å². The zero-order chi connectivity index (χ0) is 25.6. The lowest BCUT2D eigenvalue weighted by Gasteiger charge is -2.73. The van der Waals surface area contributed by atoms with E-state index in [4.69, 9.17) is 4.74 Å². The van der Waals surface area contributed by atoms with Crippen LogP contribution in [0.25, 0.3) is 0 Å². The zero-order valence-corrected chi connectivity index (χ0v) is 23.7. The summed E-state index contributed by atoms with van der Waals surface area (Å²) in [5.74, 6) is 3.07. The Kier molecular flexibility index (Phi) is 5.96. The maximum absolute atomic E-state index is 11.9. The quantitative estimate of drug-likeness (QED) is 0.332. The monoisotopic (exact) mass is 484 g/mol. The van der Waals surface area contributed by atoms with Crippen LogP contribution in [0.5, 0.6) is 0 Å². The van der Waals surface area contributed by atoms with E-state index in [2.05, 4.69) is 48.1 Å². The van der Waals surface area contributed by atoms with Crippen molar-refractivity contribution in [1.82, 2.24) is 0 Å². The Labute approximate surface area is 214 Å². The summed E-state index contributed by atoms with van der Waals surface area (Å²) in [6.07, 6.45) is 12.2. The van der Waals surface area contributed by atoms with E-state index in [1.807, 2.05) is 0 Å². The highest BCUT2D eigenvalue weighted by Gasteiger charge is 2.71. The van der Waals surface area contributed by atoms with Crippen molar-refractivity contribution >= 4 is 5.97 Å². The third kappa shape index (κ3) is 3.28. The molecule has 198 valence electrons. The van der Waals surface area contributed by atoms with Crippen molar-refractivity contribution in [2.24, 2.45) is 56.7 Å². The minimum Gasteiger partial charge on any atom is -0.462 e. The second kappa shape index (κ2) is 8.08. The van der Waals surface area contributed by atoms with Gasteiger partial charge in [-0.1, -0.05) is 46.8 Å². The van der Waals surface area contributed by atoms with Crippen LogP contribution in [0, 0.1) is 56.7 Å². The van der Waals surface area contributed by atoms with Crippen molar-refractivity contribution in [3.63, 3.8) is 0 Å². The molecule has 0 radical (unpaired) electrons. The standard InChI is InChI=1S/C32H52O3/c1-20(2)22-11-16-32(19-33)18-17-30(7)23(27(22)32)9-10-25-29(6)14-13-26(35-21(3)34)28(4,5)24(29)12-15-31(25,30)8/h22-27,33H,1,9-19H2,2-8H3/t22-,23+,24?,25?,26-,27?,29-,30+,31+,32+/m0/s1. The molecule has 0 heterocycles. The topological polar surface area (TPSA) is 46.5 Å². The molecule has 0 aromatic carbocycles. The van der Waals surface area contributed by atoms with E-state index in [9.17, 15) is 9.90 Å². The number of hydrogen-bond donors (Lipinski definition) is 1. The number of hydrogen-bond acceptors (Lipinski definition) is 3. The van der Waals surface area contributed by atoms with E-state index in [1.165, 1.54) is 63.4 Å². The van der Waals surface area contributed by atoms with Gasteiger partial charge in [-0.05, 0) is 122 Å². The lowest BCUT2D eigenvalue weighted by atomic mass is 9.32. The molecule has 0 spiro atoms. The predicted octanol–water partition coefficient (Wildman–Crippen LogP) is 7.57. The lowest BCUT2D eigenvalue weighted by Crippen LogP contribution is -2.67. The number of ether oxygens (including phenoxy) is 1. The van der Waals surface area contributed by atoms with Crippen LogP contribution in [0.1, 0.15) is 113 Å². The second-order valence-electron chi connectivity index (χ2n) is 15.2. The molecule has 0 aromatic heterocycles. The molecule has 35 heavy (non-hydrogen) atoms. The summed E-state index contributed by atoms with van der Waals surface area (Å²) in [7, 11) is 0. The van der Waals surface area contributed by atoms with Gasteiger partial charge in [-0.3, -0.25) is 4.79 Å². The van der Waals surface area contributed by atoms with Crippen LogP contribution >= 0.6 is 0 Å². The Morgan fingerprint density at radius 1 is 0.857 bits per heavy atom. The third-order valence-electron chi connectivity index (χ3n) is 13.8. The van der Waals surface area contributed by atoms with Crippen LogP contribution in [0.4, 0.5) is 0 Å². The van der Waals surface area contributed by atoms with Crippen LogP contribution in [0.15, 0.2) is 12.2 Å². The second-order valence-corrected chi connectivity index (χ2v) is 15.2. The highest BCUT2D eigenvalue weighted by molar-refractivity contribution is 5.66. The van der Waals surface area contributed by atoms with Gasteiger partial charge in [0.15, 0.2) is 0 Å². The molecule has 5 aliphatic rings. The fourth-order valence-corrected chi connectivity index (χ4v) is 11.9. The van der Waals surface area contributed by atoms with E-state index >= 15 is 0 Å². The first kappa shape index (κ1) is 25.8. The average molecular weight is 485 g/mol. The fraction of sp³-hybridized carbons (Fsp3) is 0.906. The van der Waals surface area contributed by atoms with E-state index in [-0.39, 0.29) is 22.9 Å². The van der Waals surface area contributed by atoms with E-state index in [0.29, 0.717) is 46.5 Å². The van der Waals surface area contributed by atoms with Crippen LogP contribution < -0.4 is 0 Å². The Morgan fingerprint density at radius 3 is 2.20 bits per heavy atom. The summed E-state index contributed by atoms with van der Waals surface area (Å²) in [6.45, 7) is 21.3. The molecular weight excluding hydrogens is 432 g/mol. The number of rotatable bonds is 3. The van der Waals surface area contributed by atoms with Crippen LogP contribution in [0.3, 0.4) is 0 Å². The first-order valence-corrected chi connectivity index (χ1v) is 14.7. The fourth-order valence-electron chi connectivity index (χ4n) is 11.9. The third-order valence-corrected chi connectivity index (χ3v) is 13.8. The Bertz CT molecular complexity index is 891. The molecule has 3 nitrogen and oxygen atoms in total. The first-order chi connectivity index (χ1) is 16.3. The summed E-state index contributed by atoms with van der Waals surface area (Å²) >= 11 is 0. The molecule has 3 heteroatoms. The van der Waals surface area contributed by atoms with E-state index < -0.39 is 0 Å². The highest BCUT2D eigenvalue weighted by Crippen LogP contribution is 2.77. The molecular formula is C32H52O3. The predicted molar refractivity (Wildman–Crippen MR) is 142 cm³/mol. The molecule has 5 saturated carbocycles. The molecule has 0 aromatic rings. The number of aliphatic hydroxyl groups excluding tert-OH is 1. The Hall–Kier alpha value is -0.830. The van der Waals surface area contributed by atoms with Gasteiger partial charge >= 0.3 is 5.97 Å². The van der Waals surface area contributed by atoms with Gasteiger partial charge in [0, 0.05) is 18.9 Å². The molecule has 0 aliphatic heterocycles. The van der Waals surface area contributed by atoms with Gasteiger partial charge in [-0.15, -0.1) is 0 Å². The minimum absolute atomic E-state index is 0.0207. The van der Waals surface area contributed by atoms with Gasteiger partial charge in [0.05, 0.1) is 0 Å². The summed E-state index contributed by atoms with van der Waals surface area (Å²) in [5, 5.41) is 10.7. The number of fused-ring (bicyclic) bond motifs is 7. The summed E-state index contributed by atoms with van der Waals surface area (Å²) in [6, 6.07) is 0. The van der Waals surface area contributed by atoms with Gasteiger partial charge in [0.25, 0.3) is 0 Å². The van der Waals surface area contributed by atoms with Crippen LogP contribution in [-0.2, 0) is 9.53 Å². The molecule has 0 saturated heterocycles. The highest BCUT2D eigenvalue weighted by atomic mass is 16.5. The molecule has 5 fully saturated rings. The maximum atomic E-state index is 11.9. The van der Waals surface area contributed by atoms with E-state index in [1.54, 1.807) is 6.92 Å². The van der Waals surface area contributed by atoms with Gasteiger partial charge in [-0.2, -0.15) is 0 Å². The number of esters is 1. The van der Waals surface area contributed by atoms with Gasteiger partial charge in [0.2, 0.25) is 0 Å². The Morgan fingerprint density at radius 2 is 1.57 bits per heavy atom. The minimum atomic E-state index is -0.126. The molecule has 0 amide bonds. The lowest BCUT2D eigenvalue weighted by molar-refractivity contribution is -0.251. The van der Waals surface area contributed by atoms with Gasteiger partial charge in [0.1, 0.15) is 6.10 Å².